The van der Waals surface area contributed by atoms with Gasteiger partial charge in [0.15, 0.2) is 0 Å². The topological polar surface area (TPSA) is 77.2 Å². The van der Waals surface area contributed by atoms with Crippen molar-refractivity contribution in [2.45, 2.75) is 0 Å². The summed E-state index contributed by atoms with van der Waals surface area (Å²) in [4.78, 5) is 15.8. The molecule has 0 atom stereocenters. The number of benzene rings is 1. The van der Waals surface area contributed by atoms with E-state index in [0.717, 1.165) is 5.75 Å². The third-order valence-electron chi connectivity index (χ3n) is 2.36. The van der Waals surface area contributed by atoms with Gasteiger partial charge in [-0.05, 0) is 36.4 Å². The molecule has 0 aliphatic carbocycles. The Balaban J connectivity index is 2.11. The van der Waals surface area contributed by atoms with Crippen molar-refractivity contribution in [3.05, 3.63) is 48.3 Å². The Bertz CT molecular complexity index is 552. The number of nitrogens with two attached hydrogens (primary N) is 1. The first kappa shape index (κ1) is 11.9. The van der Waals surface area contributed by atoms with Crippen molar-refractivity contribution in [2.24, 2.45) is 0 Å². The van der Waals surface area contributed by atoms with E-state index in [2.05, 4.69) is 10.3 Å². The first-order valence-electron chi connectivity index (χ1n) is 5.36. The van der Waals surface area contributed by atoms with Crippen LogP contribution in [0.15, 0.2) is 42.6 Å². The summed E-state index contributed by atoms with van der Waals surface area (Å²) in [6.45, 7) is 0. The van der Waals surface area contributed by atoms with Gasteiger partial charge in [0, 0.05) is 17.6 Å². The number of hydrogen-bond acceptors (Lipinski definition) is 4. The van der Waals surface area contributed by atoms with Gasteiger partial charge in [0.05, 0.1) is 7.11 Å². The fraction of sp³-hybridized carbons (Fsp3) is 0.0769. The lowest BCUT2D eigenvalue weighted by molar-refractivity contribution is 0.102. The molecule has 1 amide bonds. The second kappa shape index (κ2) is 5.18. The SMILES string of the molecule is COc1ccc(NC(=O)c2cc(N)ccn2)cc1. The quantitative estimate of drug-likeness (QED) is 0.863. The van der Waals surface area contributed by atoms with E-state index in [9.17, 15) is 4.79 Å². The van der Waals surface area contributed by atoms with Crippen LogP contribution in [0, 0.1) is 0 Å². The number of nitrogens with one attached hydrogen (secondary N) is 1. The highest BCUT2D eigenvalue weighted by Crippen LogP contribution is 2.15. The summed E-state index contributed by atoms with van der Waals surface area (Å²) >= 11 is 0. The van der Waals surface area contributed by atoms with Crippen LogP contribution < -0.4 is 15.8 Å². The van der Waals surface area contributed by atoms with Crippen LogP contribution in [-0.2, 0) is 0 Å². The smallest absolute Gasteiger partial charge is 0.274 e. The molecule has 0 bridgehead atoms. The van der Waals surface area contributed by atoms with Gasteiger partial charge in [-0.25, -0.2) is 0 Å². The first-order valence-corrected chi connectivity index (χ1v) is 5.36. The highest BCUT2D eigenvalue weighted by atomic mass is 16.5. The number of carbonyl (C=O) groups is 1. The molecule has 92 valence electrons. The number of anilines is 2. The Kier molecular flexibility index (Phi) is 3.43. The number of hydrogen-bond donors (Lipinski definition) is 2. The fourth-order valence-electron chi connectivity index (χ4n) is 1.44. The average molecular weight is 243 g/mol. The number of aromatic nitrogens is 1. The number of pyridine rings is 1. The van der Waals surface area contributed by atoms with Crippen LogP contribution in [0.1, 0.15) is 10.5 Å². The zero-order valence-electron chi connectivity index (χ0n) is 9.88. The number of nitrogen functional groups attached to an aromatic ring is 1. The Morgan fingerprint density at radius 2 is 2.00 bits per heavy atom. The van der Waals surface area contributed by atoms with Crippen molar-refractivity contribution in [1.29, 1.82) is 0 Å². The lowest BCUT2D eigenvalue weighted by Gasteiger charge is -2.06. The van der Waals surface area contributed by atoms with Gasteiger partial charge in [-0.1, -0.05) is 0 Å². The Hall–Kier alpha value is -2.56. The van der Waals surface area contributed by atoms with Gasteiger partial charge in [-0.2, -0.15) is 0 Å². The maximum Gasteiger partial charge on any atom is 0.274 e. The fourth-order valence-corrected chi connectivity index (χ4v) is 1.44. The van der Waals surface area contributed by atoms with Crippen molar-refractivity contribution >= 4 is 17.3 Å². The van der Waals surface area contributed by atoms with E-state index in [1.54, 1.807) is 37.4 Å². The van der Waals surface area contributed by atoms with Crippen LogP contribution in [0.25, 0.3) is 0 Å². The second-order valence-corrected chi connectivity index (χ2v) is 3.66. The van der Waals surface area contributed by atoms with E-state index in [1.165, 1.54) is 12.3 Å². The molecular weight excluding hydrogens is 230 g/mol. The van der Waals surface area contributed by atoms with Crippen LogP contribution >= 0.6 is 0 Å². The van der Waals surface area contributed by atoms with Crippen LogP contribution in [0.2, 0.25) is 0 Å². The lowest BCUT2D eigenvalue weighted by Crippen LogP contribution is -2.13. The van der Waals surface area contributed by atoms with E-state index in [1.807, 2.05) is 0 Å². The zero-order chi connectivity index (χ0) is 13.0. The molecule has 1 aromatic carbocycles. The molecule has 0 saturated heterocycles. The van der Waals surface area contributed by atoms with Crippen molar-refractivity contribution in [1.82, 2.24) is 4.98 Å². The number of rotatable bonds is 3. The third-order valence-corrected chi connectivity index (χ3v) is 2.36. The molecule has 0 aliphatic rings. The minimum absolute atomic E-state index is 0.283. The van der Waals surface area contributed by atoms with Gasteiger partial charge in [0.2, 0.25) is 0 Å². The molecule has 2 aromatic rings. The van der Waals surface area contributed by atoms with Crippen molar-refractivity contribution < 1.29 is 9.53 Å². The Morgan fingerprint density at radius 1 is 1.28 bits per heavy atom. The lowest BCUT2D eigenvalue weighted by atomic mass is 10.2. The minimum Gasteiger partial charge on any atom is -0.497 e. The number of amides is 1. The van der Waals surface area contributed by atoms with Gasteiger partial charge in [0.25, 0.3) is 5.91 Å². The summed E-state index contributed by atoms with van der Waals surface area (Å²) in [6.07, 6.45) is 1.50. The third kappa shape index (κ3) is 2.76. The van der Waals surface area contributed by atoms with Crippen molar-refractivity contribution in [3.8, 4) is 5.75 Å². The largest absolute Gasteiger partial charge is 0.497 e. The van der Waals surface area contributed by atoms with Gasteiger partial charge < -0.3 is 15.8 Å². The Labute approximate surface area is 105 Å². The van der Waals surface area contributed by atoms with Gasteiger partial charge in [-0.15, -0.1) is 0 Å². The molecule has 0 spiro atoms. The number of methoxy groups -OCH3 is 1. The highest BCUT2D eigenvalue weighted by molar-refractivity contribution is 6.03. The summed E-state index contributed by atoms with van der Waals surface area (Å²) in [5.41, 5.74) is 7.05. The van der Waals surface area contributed by atoms with Crippen molar-refractivity contribution in [2.75, 3.05) is 18.2 Å². The molecule has 1 aromatic heterocycles. The predicted molar refractivity (Wildman–Crippen MR) is 69.6 cm³/mol. The minimum atomic E-state index is -0.299. The van der Waals surface area contributed by atoms with E-state index in [4.69, 9.17) is 10.5 Å². The maximum atomic E-state index is 11.9. The summed E-state index contributed by atoms with van der Waals surface area (Å²) in [7, 11) is 1.59. The first-order chi connectivity index (χ1) is 8.69. The summed E-state index contributed by atoms with van der Waals surface area (Å²) in [5.74, 6) is 0.433. The van der Waals surface area contributed by atoms with Crippen LogP contribution in [0.3, 0.4) is 0 Å². The maximum absolute atomic E-state index is 11.9. The molecule has 0 radical (unpaired) electrons. The molecule has 0 fully saturated rings. The average Bonchev–Trinajstić information content (AvgIpc) is 2.39. The Morgan fingerprint density at radius 3 is 2.61 bits per heavy atom. The van der Waals surface area contributed by atoms with Gasteiger partial charge in [0.1, 0.15) is 11.4 Å². The van der Waals surface area contributed by atoms with Crippen LogP contribution in [0.5, 0.6) is 5.75 Å². The molecule has 3 N–H and O–H groups in total. The summed E-state index contributed by atoms with van der Waals surface area (Å²) < 4.78 is 5.03. The zero-order valence-corrected chi connectivity index (χ0v) is 9.88. The monoisotopic (exact) mass is 243 g/mol. The van der Waals surface area contributed by atoms with E-state index in [0.29, 0.717) is 11.4 Å². The molecule has 18 heavy (non-hydrogen) atoms. The van der Waals surface area contributed by atoms with Gasteiger partial charge >= 0.3 is 0 Å². The van der Waals surface area contributed by atoms with Crippen LogP contribution in [-0.4, -0.2) is 18.0 Å². The molecule has 0 aliphatic heterocycles. The summed E-state index contributed by atoms with van der Waals surface area (Å²) in [6, 6.07) is 10.2. The molecule has 0 unspecified atom stereocenters. The molecule has 0 saturated carbocycles. The number of carbonyl (C=O) groups excluding carboxylic acids is 1. The van der Waals surface area contributed by atoms with E-state index >= 15 is 0 Å². The van der Waals surface area contributed by atoms with E-state index < -0.39 is 0 Å². The highest BCUT2D eigenvalue weighted by Gasteiger charge is 2.07. The molecule has 5 heteroatoms. The predicted octanol–water partition coefficient (Wildman–Crippen LogP) is 1.92. The molecular formula is C13H13N3O2. The van der Waals surface area contributed by atoms with E-state index in [-0.39, 0.29) is 11.6 Å². The second-order valence-electron chi connectivity index (χ2n) is 3.66. The summed E-state index contributed by atoms with van der Waals surface area (Å²) in [5, 5.41) is 2.72. The molecule has 1 heterocycles. The number of nitrogens with zero attached hydrogens (tertiary/aromatic N) is 1. The molecule has 2 rings (SSSR count). The van der Waals surface area contributed by atoms with Crippen LogP contribution in [0.4, 0.5) is 11.4 Å². The normalized spacial score (nSPS) is 9.83. The van der Waals surface area contributed by atoms with Gasteiger partial charge in [-0.3, -0.25) is 9.78 Å². The van der Waals surface area contributed by atoms with Crippen molar-refractivity contribution in [3.63, 3.8) is 0 Å². The standard InChI is InChI=1S/C13H13N3O2/c1-18-11-4-2-10(3-5-11)16-13(17)12-8-9(14)6-7-15-12/h2-8H,1H3,(H2,14,15)(H,16,17). The molecule has 5 nitrogen and oxygen atoms in total. The number of ether oxygens (including phenoxy) is 1.